The molecule has 2 aromatic carbocycles. The van der Waals surface area contributed by atoms with Crippen molar-refractivity contribution in [3.05, 3.63) is 75.5 Å². The zero-order valence-electron chi connectivity index (χ0n) is 13.7. The summed E-state index contributed by atoms with van der Waals surface area (Å²) in [7, 11) is 0. The fourth-order valence-electron chi connectivity index (χ4n) is 2.75. The van der Waals surface area contributed by atoms with Gasteiger partial charge in [0.1, 0.15) is 0 Å². The second kappa shape index (κ2) is 6.61. The Morgan fingerprint density at radius 2 is 1.85 bits per heavy atom. The summed E-state index contributed by atoms with van der Waals surface area (Å²) in [5, 5.41) is 20.7. The van der Waals surface area contributed by atoms with E-state index in [1.54, 1.807) is 12.1 Å². The second-order valence-electron chi connectivity index (χ2n) is 5.85. The Morgan fingerprint density at radius 3 is 2.46 bits per heavy atom. The van der Waals surface area contributed by atoms with Crippen molar-refractivity contribution in [3.8, 4) is 6.07 Å². The molecule has 0 fully saturated rings. The third-order valence-corrected chi connectivity index (χ3v) is 4.12. The summed E-state index contributed by atoms with van der Waals surface area (Å²) in [4.78, 5) is 38.4. The number of benzene rings is 2. The molecule has 0 saturated carbocycles. The van der Waals surface area contributed by atoms with Crippen LogP contribution in [0.5, 0.6) is 0 Å². The van der Waals surface area contributed by atoms with E-state index in [0.29, 0.717) is 5.39 Å². The molecule has 1 atom stereocenters. The second-order valence-corrected chi connectivity index (χ2v) is 5.85. The van der Waals surface area contributed by atoms with Gasteiger partial charge in [0.05, 0.1) is 11.0 Å². The van der Waals surface area contributed by atoms with Crippen LogP contribution in [-0.2, 0) is 0 Å². The maximum atomic E-state index is 12.8. The molecule has 0 amide bonds. The number of non-ortho nitro benzene ring substituents is 1. The summed E-state index contributed by atoms with van der Waals surface area (Å²) in [6.07, 6.45) is 1.49. The minimum Gasteiger partial charge on any atom is -0.360 e. The number of aromatic amines is 1. The Hall–Kier alpha value is -3.79. The van der Waals surface area contributed by atoms with Crippen molar-refractivity contribution in [1.82, 2.24) is 4.98 Å². The average Bonchev–Trinajstić information content (AvgIpc) is 3.05. The van der Waals surface area contributed by atoms with E-state index in [2.05, 4.69) is 4.98 Å². The molecule has 7 nitrogen and oxygen atoms in total. The molecule has 0 aliphatic carbocycles. The number of nitrogens with one attached hydrogen (secondary N) is 1. The van der Waals surface area contributed by atoms with Crippen molar-refractivity contribution in [1.29, 1.82) is 5.26 Å². The molecule has 26 heavy (non-hydrogen) atoms. The van der Waals surface area contributed by atoms with E-state index in [9.17, 15) is 25.0 Å². The van der Waals surface area contributed by atoms with E-state index in [-0.39, 0.29) is 16.8 Å². The van der Waals surface area contributed by atoms with Gasteiger partial charge in [-0.05, 0) is 30.7 Å². The number of nitro benzene ring substituents is 1. The van der Waals surface area contributed by atoms with E-state index in [0.717, 1.165) is 11.1 Å². The molecule has 0 saturated heterocycles. The normalized spacial score (nSPS) is 11.7. The van der Waals surface area contributed by atoms with Crippen molar-refractivity contribution in [3.63, 3.8) is 0 Å². The molecule has 3 rings (SSSR count). The van der Waals surface area contributed by atoms with Gasteiger partial charge in [0.15, 0.2) is 17.5 Å². The van der Waals surface area contributed by atoms with Gasteiger partial charge in [0.25, 0.3) is 5.69 Å². The van der Waals surface area contributed by atoms with Crippen LogP contribution in [0.1, 0.15) is 26.3 Å². The van der Waals surface area contributed by atoms with Gasteiger partial charge in [-0.3, -0.25) is 19.7 Å². The van der Waals surface area contributed by atoms with Crippen LogP contribution < -0.4 is 0 Å². The molecule has 0 aliphatic rings. The predicted octanol–water partition coefficient (Wildman–Crippen LogP) is 3.59. The molecule has 1 heterocycles. The molecule has 128 valence electrons. The number of carbonyl (C=O) groups excluding carboxylic acids is 2. The van der Waals surface area contributed by atoms with Crippen LogP contribution in [0.3, 0.4) is 0 Å². The number of Topliss-reactive ketones (excluding diaryl/α,β-unsaturated/α-hetero) is 2. The van der Waals surface area contributed by atoms with Crippen LogP contribution in [-0.4, -0.2) is 21.5 Å². The number of hydrogen-bond donors (Lipinski definition) is 1. The number of fused-ring (bicyclic) bond motifs is 1. The first-order valence-electron chi connectivity index (χ1n) is 7.72. The lowest BCUT2D eigenvalue weighted by molar-refractivity contribution is -0.384. The minimum atomic E-state index is -1.52. The Bertz CT molecular complexity index is 1070. The summed E-state index contributed by atoms with van der Waals surface area (Å²) in [6, 6.07) is 12.1. The van der Waals surface area contributed by atoms with Gasteiger partial charge in [-0.15, -0.1) is 0 Å². The number of hydrogen-bond acceptors (Lipinski definition) is 5. The van der Waals surface area contributed by atoms with Crippen LogP contribution in [0.15, 0.2) is 48.7 Å². The van der Waals surface area contributed by atoms with Gasteiger partial charge in [-0.1, -0.05) is 12.1 Å². The van der Waals surface area contributed by atoms with E-state index < -0.39 is 22.4 Å². The van der Waals surface area contributed by atoms with Crippen molar-refractivity contribution in [2.24, 2.45) is 5.92 Å². The maximum absolute atomic E-state index is 12.8. The zero-order valence-corrected chi connectivity index (χ0v) is 13.7. The van der Waals surface area contributed by atoms with Crippen molar-refractivity contribution in [2.45, 2.75) is 6.92 Å². The molecule has 0 radical (unpaired) electrons. The Labute approximate surface area is 148 Å². The molecule has 1 N–H and O–H groups in total. The van der Waals surface area contributed by atoms with E-state index >= 15 is 0 Å². The van der Waals surface area contributed by atoms with Crippen molar-refractivity contribution in [2.75, 3.05) is 0 Å². The number of nitrogens with zero attached hydrogens (tertiary/aromatic N) is 2. The molecule has 0 unspecified atom stereocenters. The topological polar surface area (TPSA) is 117 Å². The quantitative estimate of drug-likeness (QED) is 0.327. The summed E-state index contributed by atoms with van der Waals surface area (Å²) >= 11 is 0. The molecular weight excluding hydrogens is 334 g/mol. The smallest absolute Gasteiger partial charge is 0.269 e. The molecule has 0 spiro atoms. The maximum Gasteiger partial charge on any atom is 0.269 e. The van der Waals surface area contributed by atoms with Crippen LogP contribution >= 0.6 is 0 Å². The summed E-state index contributed by atoms with van der Waals surface area (Å²) in [5.41, 5.74) is 1.92. The third-order valence-electron chi connectivity index (χ3n) is 4.12. The van der Waals surface area contributed by atoms with Gasteiger partial charge >= 0.3 is 0 Å². The standard InChI is InChI=1S/C19H13N3O4/c1-11-2-7-14-16(10-21-17(14)8-11)19(24)15(9-20)18(23)12-3-5-13(6-4-12)22(25)26/h2-8,10,15,21H,1H3/t15-/m0/s1. The van der Waals surface area contributed by atoms with Crippen LogP contribution in [0.2, 0.25) is 0 Å². The molecule has 0 bridgehead atoms. The van der Waals surface area contributed by atoms with Crippen molar-refractivity contribution >= 4 is 28.2 Å². The Kier molecular flexibility index (Phi) is 4.33. The summed E-state index contributed by atoms with van der Waals surface area (Å²) < 4.78 is 0. The summed E-state index contributed by atoms with van der Waals surface area (Å²) in [6.45, 7) is 1.91. The molecule has 0 aliphatic heterocycles. The molecule has 1 aromatic heterocycles. The minimum absolute atomic E-state index is 0.0752. The lowest BCUT2D eigenvalue weighted by Gasteiger charge is -2.07. The molecule has 7 heteroatoms. The van der Waals surface area contributed by atoms with Gasteiger partial charge in [0, 0.05) is 40.4 Å². The first kappa shape index (κ1) is 17.0. The number of H-pyrrole nitrogens is 1. The first-order valence-corrected chi connectivity index (χ1v) is 7.72. The monoisotopic (exact) mass is 347 g/mol. The van der Waals surface area contributed by atoms with Crippen LogP contribution in [0.4, 0.5) is 5.69 Å². The fraction of sp³-hybridized carbons (Fsp3) is 0.105. The van der Waals surface area contributed by atoms with E-state index in [4.69, 9.17) is 0 Å². The highest BCUT2D eigenvalue weighted by molar-refractivity contribution is 6.21. The largest absolute Gasteiger partial charge is 0.360 e. The van der Waals surface area contributed by atoms with E-state index in [1.807, 2.05) is 19.1 Å². The number of ketones is 2. The van der Waals surface area contributed by atoms with Crippen LogP contribution in [0, 0.1) is 34.3 Å². The average molecular weight is 347 g/mol. The van der Waals surface area contributed by atoms with Gasteiger partial charge in [-0.25, -0.2) is 0 Å². The number of aromatic nitrogens is 1. The van der Waals surface area contributed by atoms with Gasteiger partial charge < -0.3 is 4.98 Å². The molecule has 3 aromatic rings. The number of carbonyl (C=O) groups is 2. The number of rotatable bonds is 5. The van der Waals surface area contributed by atoms with Gasteiger partial charge in [0.2, 0.25) is 0 Å². The Balaban J connectivity index is 1.94. The predicted molar refractivity (Wildman–Crippen MR) is 93.9 cm³/mol. The highest BCUT2D eigenvalue weighted by Gasteiger charge is 2.30. The number of nitriles is 1. The summed E-state index contributed by atoms with van der Waals surface area (Å²) in [5.74, 6) is -2.81. The van der Waals surface area contributed by atoms with E-state index in [1.165, 1.54) is 30.5 Å². The Morgan fingerprint density at radius 1 is 1.15 bits per heavy atom. The SMILES string of the molecule is Cc1ccc2c(C(=O)[C@@H](C#N)C(=O)c3ccc([N+](=O)[O-])cc3)c[nH]c2c1. The van der Waals surface area contributed by atoms with Crippen molar-refractivity contribution < 1.29 is 14.5 Å². The number of aryl methyl sites for hydroxylation is 1. The highest BCUT2D eigenvalue weighted by atomic mass is 16.6. The van der Waals surface area contributed by atoms with Gasteiger partial charge in [-0.2, -0.15) is 5.26 Å². The fourth-order valence-corrected chi connectivity index (χ4v) is 2.75. The lowest BCUT2D eigenvalue weighted by Crippen LogP contribution is -2.22. The first-order chi connectivity index (χ1) is 12.4. The highest BCUT2D eigenvalue weighted by Crippen LogP contribution is 2.24. The van der Waals surface area contributed by atoms with Crippen LogP contribution in [0.25, 0.3) is 10.9 Å². The molecular formula is C19H13N3O4. The number of nitro groups is 1. The lowest BCUT2D eigenvalue weighted by atomic mass is 9.91. The zero-order chi connectivity index (χ0) is 18.8. The third kappa shape index (κ3) is 2.96.